The van der Waals surface area contributed by atoms with E-state index in [0.29, 0.717) is 43.5 Å². The van der Waals surface area contributed by atoms with Gasteiger partial charge in [-0.05, 0) is 12.8 Å². The number of quaternary nitrogens is 1. The molecule has 0 aliphatic heterocycles. The number of rotatable bonds is 35. The van der Waals surface area contributed by atoms with Crippen LogP contribution >= 0.6 is 0 Å². The smallest absolute Gasteiger partial charge is 0.305 e. The Labute approximate surface area is 301 Å². The Balaban J connectivity index is 0. The first-order valence-electron chi connectivity index (χ1n) is 19.4. The third kappa shape index (κ3) is 33.5. The van der Waals surface area contributed by atoms with Crippen LogP contribution in [0.2, 0.25) is 0 Å². The van der Waals surface area contributed by atoms with Gasteiger partial charge in [-0.3, -0.25) is 14.5 Å². The summed E-state index contributed by atoms with van der Waals surface area (Å²) in [5.41, 5.74) is 0. The molecule has 1 unspecified atom stereocenters. The molecule has 0 aliphatic rings. The lowest BCUT2D eigenvalue weighted by Gasteiger charge is -2.35. The van der Waals surface area contributed by atoms with Gasteiger partial charge in [0.25, 0.3) is 0 Å². The molecule has 0 rings (SSSR count). The van der Waals surface area contributed by atoms with Crippen molar-refractivity contribution in [3.8, 4) is 0 Å². The zero-order valence-corrected chi connectivity index (χ0v) is 32.9. The van der Waals surface area contributed by atoms with E-state index in [1.165, 1.54) is 116 Å². The van der Waals surface area contributed by atoms with Gasteiger partial charge in [-0.1, -0.05) is 142 Å². The van der Waals surface area contributed by atoms with Crippen LogP contribution in [0.15, 0.2) is 0 Å². The van der Waals surface area contributed by atoms with Crippen LogP contribution in [0.3, 0.4) is 0 Å². The highest BCUT2D eigenvalue weighted by atomic mass is 79.9. The minimum atomic E-state index is -0.808. The number of esters is 2. The van der Waals surface area contributed by atoms with Gasteiger partial charge in [-0.25, -0.2) is 0 Å². The second kappa shape index (κ2) is 35.1. The molecule has 0 radical (unpaired) electrons. The Kier molecular flexibility index (Phi) is 36.1. The highest BCUT2D eigenvalue weighted by Crippen LogP contribution is 2.14. The third-order valence-electron chi connectivity index (χ3n) is 9.04. The summed E-state index contributed by atoms with van der Waals surface area (Å²) in [6, 6.07) is 0. The SMILES string of the molecule is CCCCCCCCCCCCCC(=O)OCCN(CCOC(=O)CCCCCCCCCCCCC)C(O)C[N+](C)(C)CCO.[Br-]. The minimum absolute atomic E-state index is 0. The molecular weight excluding hydrogens is 660 g/mol. The van der Waals surface area contributed by atoms with Gasteiger partial charge in [-0.2, -0.15) is 0 Å². The molecule has 8 nitrogen and oxygen atoms in total. The number of hydrogen-bond acceptors (Lipinski definition) is 7. The molecule has 0 heterocycles. The number of nitrogens with zero attached hydrogens (tertiary/aromatic N) is 2. The van der Waals surface area contributed by atoms with Crippen molar-refractivity contribution in [1.82, 2.24) is 4.90 Å². The Hall–Kier alpha value is -0.740. The number of hydrogen-bond donors (Lipinski definition) is 2. The Morgan fingerprint density at radius 3 is 1.23 bits per heavy atom. The molecule has 1 atom stereocenters. The lowest BCUT2D eigenvalue weighted by molar-refractivity contribution is -0.895. The van der Waals surface area contributed by atoms with Gasteiger partial charge in [-0.15, -0.1) is 0 Å². The average Bonchev–Trinajstić information content (AvgIpc) is 3.01. The molecular formula is C38H77BrN2O6. The first-order chi connectivity index (χ1) is 22.3. The van der Waals surface area contributed by atoms with Crippen LogP contribution in [-0.2, 0) is 19.1 Å². The first kappa shape index (κ1) is 48.4. The van der Waals surface area contributed by atoms with E-state index in [9.17, 15) is 19.8 Å². The number of unbranched alkanes of at least 4 members (excludes halogenated alkanes) is 20. The molecule has 0 spiro atoms. The number of carbonyl (C=O) groups excluding carboxylic acids is 2. The highest BCUT2D eigenvalue weighted by molar-refractivity contribution is 5.69. The summed E-state index contributed by atoms with van der Waals surface area (Å²) in [6.07, 6.45) is 27.3. The molecule has 0 bridgehead atoms. The van der Waals surface area contributed by atoms with Crippen LogP contribution in [0.25, 0.3) is 0 Å². The fraction of sp³-hybridized carbons (Fsp3) is 0.947. The molecule has 0 aromatic carbocycles. The second-order valence-corrected chi connectivity index (χ2v) is 14.1. The summed E-state index contributed by atoms with van der Waals surface area (Å²) in [5.74, 6) is -0.389. The van der Waals surface area contributed by atoms with Crippen LogP contribution in [0.4, 0.5) is 0 Å². The van der Waals surface area contributed by atoms with E-state index in [-0.39, 0.29) is 48.7 Å². The summed E-state index contributed by atoms with van der Waals surface area (Å²) in [5, 5.41) is 20.4. The highest BCUT2D eigenvalue weighted by Gasteiger charge is 2.25. The molecule has 0 aliphatic carbocycles. The van der Waals surface area contributed by atoms with E-state index in [2.05, 4.69) is 13.8 Å². The van der Waals surface area contributed by atoms with Crippen molar-refractivity contribution < 1.29 is 50.7 Å². The summed E-state index contributed by atoms with van der Waals surface area (Å²) < 4.78 is 11.4. The number of aliphatic hydroxyl groups excluding tert-OH is 2. The molecule has 2 N–H and O–H groups in total. The summed E-state index contributed by atoms with van der Waals surface area (Å²) in [6.45, 7) is 6.56. The second-order valence-electron chi connectivity index (χ2n) is 14.1. The fourth-order valence-electron chi connectivity index (χ4n) is 5.89. The molecule has 47 heavy (non-hydrogen) atoms. The normalized spacial score (nSPS) is 12.2. The lowest BCUT2D eigenvalue weighted by Crippen LogP contribution is -3.00. The van der Waals surface area contributed by atoms with E-state index in [1.54, 1.807) is 0 Å². The van der Waals surface area contributed by atoms with Crippen molar-refractivity contribution in [2.24, 2.45) is 0 Å². The standard InChI is InChI=1S/C38H77N2O6.BrH/c1-5-7-9-11-13-15-17-19-21-23-25-27-37(43)45-33-29-39(36(42)35-40(3,4)31-32-41)30-34-46-38(44)28-26-24-22-20-18-16-14-12-10-8-6-2;/h36,41-42H,5-35H2,1-4H3;1H/q+1;/p-1. The van der Waals surface area contributed by atoms with Crippen LogP contribution in [0.5, 0.6) is 0 Å². The molecule has 0 amide bonds. The summed E-state index contributed by atoms with van der Waals surface area (Å²) >= 11 is 0. The van der Waals surface area contributed by atoms with Crippen LogP contribution < -0.4 is 17.0 Å². The van der Waals surface area contributed by atoms with Gasteiger partial charge in [0.2, 0.25) is 0 Å². The minimum Gasteiger partial charge on any atom is -1.00 e. The molecule has 0 fully saturated rings. The summed E-state index contributed by atoms with van der Waals surface area (Å²) in [4.78, 5) is 26.4. The van der Waals surface area contributed by atoms with E-state index in [4.69, 9.17) is 9.47 Å². The molecule has 0 saturated carbocycles. The van der Waals surface area contributed by atoms with E-state index in [0.717, 1.165) is 25.7 Å². The van der Waals surface area contributed by atoms with Crippen molar-refractivity contribution in [2.45, 2.75) is 174 Å². The molecule has 0 aromatic heterocycles. The number of ether oxygens (including phenoxy) is 2. The zero-order chi connectivity index (χ0) is 34.1. The average molecular weight is 738 g/mol. The monoisotopic (exact) mass is 736 g/mol. The van der Waals surface area contributed by atoms with Gasteiger partial charge in [0.15, 0.2) is 6.23 Å². The van der Waals surface area contributed by atoms with E-state index in [1.807, 2.05) is 19.0 Å². The van der Waals surface area contributed by atoms with Crippen molar-refractivity contribution >= 4 is 11.9 Å². The fourth-order valence-corrected chi connectivity index (χ4v) is 5.89. The maximum atomic E-state index is 12.3. The van der Waals surface area contributed by atoms with E-state index >= 15 is 0 Å². The van der Waals surface area contributed by atoms with Crippen molar-refractivity contribution in [1.29, 1.82) is 0 Å². The van der Waals surface area contributed by atoms with Gasteiger partial charge >= 0.3 is 11.9 Å². The number of aliphatic hydroxyl groups is 2. The topological polar surface area (TPSA) is 96.3 Å². The quantitative estimate of drug-likeness (QED) is 0.0402. The molecule has 282 valence electrons. The molecule has 0 saturated heterocycles. The van der Waals surface area contributed by atoms with Gasteiger partial charge in [0.1, 0.15) is 26.3 Å². The number of likely N-dealkylation sites (N-methyl/N-ethyl adjacent to an activating group) is 1. The Morgan fingerprint density at radius 1 is 0.596 bits per heavy atom. The van der Waals surface area contributed by atoms with Crippen LogP contribution in [-0.4, -0.2) is 97.9 Å². The van der Waals surface area contributed by atoms with Crippen molar-refractivity contribution in [3.05, 3.63) is 0 Å². The first-order valence-corrected chi connectivity index (χ1v) is 19.4. The maximum Gasteiger partial charge on any atom is 0.305 e. The predicted molar refractivity (Wildman–Crippen MR) is 191 cm³/mol. The van der Waals surface area contributed by atoms with E-state index < -0.39 is 6.23 Å². The van der Waals surface area contributed by atoms with Crippen molar-refractivity contribution in [3.63, 3.8) is 0 Å². The third-order valence-corrected chi connectivity index (χ3v) is 9.04. The lowest BCUT2D eigenvalue weighted by atomic mass is 10.1. The van der Waals surface area contributed by atoms with Gasteiger partial charge < -0.3 is 41.2 Å². The maximum absolute atomic E-state index is 12.3. The predicted octanol–water partition coefficient (Wildman–Crippen LogP) is 5.17. The Bertz CT molecular complexity index is 653. The van der Waals surface area contributed by atoms with Gasteiger partial charge in [0, 0.05) is 25.9 Å². The van der Waals surface area contributed by atoms with Gasteiger partial charge in [0.05, 0.1) is 20.7 Å². The molecule has 0 aromatic rings. The summed E-state index contributed by atoms with van der Waals surface area (Å²) in [7, 11) is 3.91. The Morgan fingerprint density at radius 2 is 0.915 bits per heavy atom. The van der Waals surface area contributed by atoms with Crippen LogP contribution in [0, 0.1) is 0 Å². The van der Waals surface area contributed by atoms with Crippen molar-refractivity contribution in [2.75, 3.05) is 60.1 Å². The largest absolute Gasteiger partial charge is 1.00 e. The number of halogens is 1. The molecule has 9 heteroatoms. The van der Waals surface area contributed by atoms with Crippen LogP contribution in [0.1, 0.15) is 168 Å². The zero-order valence-electron chi connectivity index (χ0n) is 31.3. The number of carbonyl (C=O) groups is 2.